The largest absolute Gasteiger partial charge is 0.248 e. The highest BCUT2D eigenvalue weighted by Gasteiger charge is 2.09. The van der Waals surface area contributed by atoms with Gasteiger partial charge in [0.1, 0.15) is 10.0 Å². The topological polar surface area (TPSA) is 41.1 Å². The number of hydrogen-bond donors (Lipinski definition) is 1. The molecule has 0 spiro atoms. The average molecular weight is 212 g/mol. The molecule has 78 valence electrons. The number of nitrogens with one attached hydrogen (secondary N) is 1. The molecule has 1 saturated heterocycles. The van der Waals surface area contributed by atoms with E-state index >= 15 is 0 Å². The van der Waals surface area contributed by atoms with Gasteiger partial charge in [0, 0.05) is 13.1 Å². The van der Waals surface area contributed by atoms with Crippen LogP contribution in [0, 0.1) is 6.92 Å². The van der Waals surface area contributed by atoms with Crippen molar-refractivity contribution in [3.05, 3.63) is 10.0 Å². The third kappa shape index (κ3) is 2.73. The second-order valence-electron chi connectivity index (χ2n) is 3.60. The summed E-state index contributed by atoms with van der Waals surface area (Å²) in [5.41, 5.74) is 3.39. The van der Waals surface area contributed by atoms with Crippen LogP contribution in [0.2, 0.25) is 0 Å². The van der Waals surface area contributed by atoms with E-state index in [1.165, 1.54) is 19.3 Å². The van der Waals surface area contributed by atoms with Gasteiger partial charge in [-0.05, 0) is 19.8 Å². The maximum Gasteiger partial charge on any atom is 0.132 e. The van der Waals surface area contributed by atoms with Gasteiger partial charge in [0.25, 0.3) is 0 Å². The molecule has 1 aromatic rings. The van der Waals surface area contributed by atoms with Crippen molar-refractivity contribution in [1.82, 2.24) is 20.6 Å². The molecular formula is C9H16N4S. The number of piperidine rings is 1. The molecule has 0 atom stereocenters. The Morgan fingerprint density at radius 3 is 2.71 bits per heavy atom. The molecule has 0 unspecified atom stereocenters. The van der Waals surface area contributed by atoms with Crippen molar-refractivity contribution >= 4 is 11.3 Å². The summed E-state index contributed by atoms with van der Waals surface area (Å²) in [5.74, 6) is 0. The van der Waals surface area contributed by atoms with Crippen LogP contribution < -0.4 is 5.43 Å². The lowest BCUT2D eigenvalue weighted by atomic mass is 10.2. The van der Waals surface area contributed by atoms with Crippen LogP contribution in [-0.4, -0.2) is 28.3 Å². The smallest absolute Gasteiger partial charge is 0.132 e. The van der Waals surface area contributed by atoms with Crippen molar-refractivity contribution in [2.45, 2.75) is 32.7 Å². The summed E-state index contributed by atoms with van der Waals surface area (Å²) in [6, 6.07) is 0. The SMILES string of the molecule is Cc1nnc(CNN2CCCCC2)s1. The molecular weight excluding hydrogens is 196 g/mol. The van der Waals surface area contributed by atoms with Gasteiger partial charge in [0.2, 0.25) is 0 Å². The average Bonchev–Trinajstić information content (AvgIpc) is 2.63. The van der Waals surface area contributed by atoms with E-state index in [4.69, 9.17) is 0 Å². The third-order valence-electron chi connectivity index (χ3n) is 2.38. The van der Waals surface area contributed by atoms with Gasteiger partial charge in [-0.25, -0.2) is 10.4 Å². The van der Waals surface area contributed by atoms with E-state index < -0.39 is 0 Å². The first kappa shape index (κ1) is 10.0. The Morgan fingerprint density at radius 2 is 2.07 bits per heavy atom. The molecule has 0 aromatic carbocycles. The zero-order chi connectivity index (χ0) is 9.80. The third-order valence-corrected chi connectivity index (χ3v) is 3.22. The van der Waals surface area contributed by atoms with E-state index in [0.29, 0.717) is 0 Å². The van der Waals surface area contributed by atoms with E-state index in [9.17, 15) is 0 Å². The molecule has 4 nitrogen and oxygen atoms in total. The number of hydrazine groups is 1. The van der Waals surface area contributed by atoms with Crippen molar-refractivity contribution in [3.63, 3.8) is 0 Å². The van der Waals surface area contributed by atoms with Crippen molar-refractivity contribution in [3.8, 4) is 0 Å². The second-order valence-corrected chi connectivity index (χ2v) is 4.86. The number of aryl methyl sites for hydroxylation is 1. The number of rotatable bonds is 3. The summed E-state index contributed by atoms with van der Waals surface area (Å²) in [5, 5.41) is 12.5. The number of hydrogen-bond acceptors (Lipinski definition) is 5. The quantitative estimate of drug-likeness (QED) is 0.821. The van der Waals surface area contributed by atoms with E-state index in [1.54, 1.807) is 11.3 Å². The molecule has 0 amide bonds. The summed E-state index contributed by atoms with van der Waals surface area (Å²) >= 11 is 1.66. The summed E-state index contributed by atoms with van der Waals surface area (Å²) in [6.07, 6.45) is 3.99. The van der Waals surface area contributed by atoms with Crippen molar-refractivity contribution < 1.29 is 0 Å². The first-order valence-electron chi connectivity index (χ1n) is 5.12. The van der Waals surface area contributed by atoms with Crippen LogP contribution in [0.4, 0.5) is 0 Å². The molecule has 5 heteroatoms. The highest BCUT2D eigenvalue weighted by atomic mass is 32.1. The maximum atomic E-state index is 4.08. The minimum atomic E-state index is 0.825. The Hall–Kier alpha value is -0.520. The first-order chi connectivity index (χ1) is 6.84. The molecule has 1 aromatic heterocycles. The van der Waals surface area contributed by atoms with E-state index in [0.717, 1.165) is 29.6 Å². The maximum absolute atomic E-state index is 4.08. The molecule has 1 aliphatic rings. The summed E-state index contributed by atoms with van der Waals surface area (Å²) in [6.45, 7) is 5.14. The fraction of sp³-hybridized carbons (Fsp3) is 0.778. The Balaban J connectivity index is 1.76. The lowest BCUT2D eigenvalue weighted by Gasteiger charge is -2.26. The summed E-state index contributed by atoms with van der Waals surface area (Å²) < 4.78 is 0. The predicted molar refractivity (Wildman–Crippen MR) is 56.9 cm³/mol. The highest BCUT2D eigenvalue weighted by molar-refractivity contribution is 7.11. The minimum Gasteiger partial charge on any atom is -0.248 e. The van der Waals surface area contributed by atoms with E-state index in [2.05, 4.69) is 20.6 Å². The lowest BCUT2D eigenvalue weighted by molar-refractivity contribution is 0.151. The van der Waals surface area contributed by atoms with Gasteiger partial charge >= 0.3 is 0 Å². The van der Waals surface area contributed by atoms with Crippen LogP contribution in [-0.2, 0) is 6.54 Å². The van der Waals surface area contributed by atoms with Crippen LogP contribution in [0.5, 0.6) is 0 Å². The normalized spacial score (nSPS) is 18.6. The van der Waals surface area contributed by atoms with Gasteiger partial charge in [0.05, 0.1) is 6.54 Å². The molecule has 14 heavy (non-hydrogen) atoms. The lowest BCUT2D eigenvalue weighted by Crippen LogP contribution is -2.41. The van der Waals surface area contributed by atoms with E-state index in [1.807, 2.05) is 6.92 Å². The molecule has 0 radical (unpaired) electrons. The molecule has 0 saturated carbocycles. The zero-order valence-electron chi connectivity index (χ0n) is 8.49. The van der Waals surface area contributed by atoms with Crippen molar-refractivity contribution in [2.24, 2.45) is 0 Å². The van der Waals surface area contributed by atoms with Crippen LogP contribution in [0.15, 0.2) is 0 Å². The van der Waals surface area contributed by atoms with Crippen molar-refractivity contribution in [2.75, 3.05) is 13.1 Å². The van der Waals surface area contributed by atoms with Crippen LogP contribution in [0.3, 0.4) is 0 Å². The summed E-state index contributed by atoms with van der Waals surface area (Å²) in [4.78, 5) is 0. The molecule has 2 heterocycles. The summed E-state index contributed by atoms with van der Waals surface area (Å²) in [7, 11) is 0. The van der Waals surface area contributed by atoms with Gasteiger partial charge in [-0.3, -0.25) is 0 Å². The van der Waals surface area contributed by atoms with Crippen LogP contribution >= 0.6 is 11.3 Å². The number of aromatic nitrogens is 2. The van der Waals surface area contributed by atoms with Gasteiger partial charge in [-0.15, -0.1) is 21.5 Å². The van der Waals surface area contributed by atoms with Crippen molar-refractivity contribution in [1.29, 1.82) is 0 Å². The Bertz CT molecular complexity index is 280. The predicted octanol–water partition coefficient (Wildman–Crippen LogP) is 1.34. The Labute approximate surface area is 88.3 Å². The second kappa shape index (κ2) is 4.82. The first-order valence-corrected chi connectivity index (χ1v) is 5.94. The van der Waals surface area contributed by atoms with Crippen LogP contribution in [0.1, 0.15) is 29.3 Å². The minimum absolute atomic E-state index is 0.825. The zero-order valence-corrected chi connectivity index (χ0v) is 9.31. The molecule has 1 fully saturated rings. The highest BCUT2D eigenvalue weighted by Crippen LogP contribution is 2.09. The van der Waals surface area contributed by atoms with Crippen LogP contribution in [0.25, 0.3) is 0 Å². The van der Waals surface area contributed by atoms with Gasteiger partial charge in [-0.1, -0.05) is 6.42 Å². The van der Waals surface area contributed by atoms with Gasteiger partial charge in [0.15, 0.2) is 0 Å². The Morgan fingerprint density at radius 1 is 1.29 bits per heavy atom. The Kier molecular flexibility index (Phi) is 3.44. The standard InChI is InChI=1S/C9H16N4S/c1-8-11-12-9(14-8)7-10-13-5-3-2-4-6-13/h10H,2-7H2,1H3. The fourth-order valence-corrected chi connectivity index (χ4v) is 2.28. The van der Waals surface area contributed by atoms with E-state index in [-0.39, 0.29) is 0 Å². The van der Waals surface area contributed by atoms with Gasteiger partial charge in [-0.2, -0.15) is 0 Å². The number of nitrogens with zero attached hydrogens (tertiary/aromatic N) is 3. The monoisotopic (exact) mass is 212 g/mol. The molecule has 2 rings (SSSR count). The molecule has 1 aliphatic heterocycles. The molecule has 0 aliphatic carbocycles. The molecule has 0 bridgehead atoms. The van der Waals surface area contributed by atoms with Gasteiger partial charge < -0.3 is 0 Å². The fourth-order valence-electron chi connectivity index (χ4n) is 1.64. The molecule has 1 N–H and O–H groups in total.